The average molecular weight is 252 g/mol. The summed E-state index contributed by atoms with van der Waals surface area (Å²) < 4.78 is 10.4. The lowest BCUT2D eigenvalue weighted by molar-refractivity contribution is 0.0384. The Hall–Kier alpha value is -2.14. The van der Waals surface area contributed by atoms with E-state index in [0.29, 0.717) is 18.6 Å². The topological polar surface area (TPSA) is 114 Å². The number of ether oxygens (including phenoxy) is 1. The lowest BCUT2D eigenvalue weighted by Crippen LogP contribution is -2.31. The van der Waals surface area contributed by atoms with Gasteiger partial charge in [0, 0.05) is 11.3 Å². The van der Waals surface area contributed by atoms with Crippen molar-refractivity contribution in [3.8, 4) is 0 Å². The van der Waals surface area contributed by atoms with Crippen molar-refractivity contribution in [3.05, 3.63) is 34.1 Å². The van der Waals surface area contributed by atoms with E-state index in [1.165, 1.54) is 0 Å². The van der Waals surface area contributed by atoms with Crippen molar-refractivity contribution < 1.29 is 13.9 Å². The normalized spacial score (nSPS) is 10.8. The Bertz CT molecular complexity index is 461. The van der Waals surface area contributed by atoms with Gasteiger partial charge in [-0.25, -0.2) is 4.79 Å². The van der Waals surface area contributed by atoms with E-state index in [9.17, 15) is 4.79 Å². The van der Waals surface area contributed by atoms with Crippen molar-refractivity contribution >= 4 is 6.09 Å². The van der Waals surface area contributed by atoms with Gasteiger partial charge in [-0.1, -0.05) is 5.11 Å². The fourth-order valence-electron chi connectivity index (χ4n) is 1.49. The predicted molar refractivity (Wildman–Crippen MR) is 64.6 cm³/mol. The number of nitrogens with two attached hydrogens (primary N) is 1. The third-order valence-corrected chi connectivity index (χ3v) is 2.36. The predicted octanol–water partition coefficient (Wildman–Crippen LogP) is 2.90. The van der Waals surface area contributed by atoms with Gasteiger partial charge in [-0.15, -0.1) is 0 Å². The molecule has 0 atom stereocenters. The fraction of sp³-hybridized carbons (Fsp3) is 0.545. The van der Waals surface area contributed by atoms with E-state index in [1.54, 1.807) is 19.9 Å². The van der Waals surface area contributed by atoms with Crippen LogP contribution in [0, 0.1) is 0 Å². The molecule has 0 bridgehead atoms. The molecular formula is C11H16N4O3. The first kappa shape index (κ1) is 13.9. The number of furan rings is 1. The molecule has 1 aromatic rings. The van der Waals surface area contributed by atoms with Gasteiger partial charge >= 0.3 is 6.09 Å². The standard InChI is InChI=1S/C11H16N4O3/c1-11(2,18-10(12)16)6-5-8-3-4-9(17-8)7-14-15-13/h3-4H,5-7H2,1-2H3,(H2,12,16). The molecule has 0 fully saturated rings. The molecule has 0 saturated carbocycles. The van der Waals surface area contributed by atoms with Crippen LogP contribution in [0.4, 0.5) is 4.79 Å². The van der Waals surface area contributed by atoms with Gasteiger partial charge in [0.25, 0.3) is 0 Å². The summed E-state index contributed by atoms with van der Waals surface area (Å²) in [5.74, 6) is 1.36. The van der Waals surface area contributed by atoms with Crippen molar-refractivity contribution in [2.24, 2.45) is 10.8 Å². The minimum absolute atomic E-state index is 0.192. The van der Waals surface area contributed by atoms with Gasteiger partial charge in [-0.2, -0.15) is 0 Å². The highest BCUT2D eigenvalue weighted by Crippen LogP contribution is 2.19. The van der Waals surface area contributed by atoms with Crippen LogP contribution in [-0.4, -0.2) is 11.7 Å². The average Bonchev–Trinajstić information content (AvgIpc) is 2.70. The minimum Gasteiger partial charge on any atom is -0.466 e. The lowest BCUT2D eigenvalue weighted by Gasteiger charge is -2.23. The van der Waals surface area contributed by atoms with Gasteiger partial charge in [-0.3, -0.25) is 0 Å². The van der Waals surface area contributed by atoms with E-state index in [-0.39, 0.29) is 6.54 Å². The van der Waals surface area contributed by atoms with Crippen LogP contribution < -0.4 is 5.73 Å². The van der Waals surface area contributed by atoms with Crippen molar-refractivity contribution in [2.75, 3.05) is 0 Å². The zero-order valence-corrected chi connectivity index (χ0v) is 10.4. The second-order valence-electron chi connectivity index (χ2n) is 4.44. The van der Waals surface area contributed by atoms with E-state index in [4.69, 9.17) is 20.4 Å². The number of hydrogen-bond donors (Lipinski definition) is 1. The highest BCUT2D eigenvalue weighted by molar-refractivity contribution is 5.65. The lowest BCUT2D eigenvalue weighted by atomic mass is 10.0. The summed E-state index contributed by atoms with van der Waals surface area (Å²) in [7, 11) is 0. The number of amides is 1. The summed E-state index contributed by atoms with van der Waals surface area (Å²) in [5.41, 5.74) is 12.5. The Morgan fingerprint density at radius 3 is 2.83 bits per heavy atom. The molecule has 1 aromatic heterocycles. The summed E-state index contributed by atoms with van der Waals surface area (Å²) in [4.78, 5) is 13.3. The van der Waals surface area contributed by atoms with E-state index in [2.05, 4.69) is 10.0 Å². The number of rotatable bonds is 6. The molecule has 7 heteroatoms. The summed E-state index contributed by atoms with van der Waals surface area (Å²) in [6, 6.07) is 3.56. The molecule has 0 aromatic carbocycles. The SMILES string of the molecule is CC(C)(CCc1ccc(CN=[N+]=[N-])o1)OC(N)=O. The molecule has 7 nitrogen and oxygen atoms in total. The molecule has 0 spiro atoms. The number of azide groups is 1. The van der Waals surface area contributed by atoms with Crippen molar-refractivity contribution in [1.82, 2.24) is 0 Å². The van der Waals surface area contributed by atoms with Crippen LogP contribution in [0.5, 0.6) is 0 Å². The van der Waals surface area contributed by atoms with E-state index in [1.807, 2.05) is 6.07 Å². The summed E-state index contributed by atoms with van der Waals surface area (Å²) in [6.45, 7) is 3.75. The van der Waals surface area contributed by atoms with Crippen LogP contribution in [0.25, 0.3) is 10.4 Å². The van der Waals surface area contributed by atoms with E-state index in [0.717, 1.165) is 5.76 Å². The van der Waals surface area contributed by atoms with Crippen LogP contribution >= 0.6 is 0 Å². The molecule has 0 aliphatic rings. The zero-order chi connectivity index (χ0) is 13.6. The van der Waals surface area contributed by atoms with Gasteiger partial charge in [0.15, 0.2) is 0 Å². The van der Waals surface area contributed by atoms with Crippen LogP contribution in [0.15, 0.2) is 21.7 Å². The monoisotopic (exact) mass is 252 g/mol. The number of aryl methyl sites for hydroxylation is 1. The maximum absolute atomic E-state index is 10.7. The van der Waals surface area contributed by atoms with E-state index < -0.39 is 11.7 Å². The summed E-state index contributed by atoms with van der Waals surface area (Å²) in [6.07, 6.45) is 0.407. The van der Waals surface area contributed by atoms with Crippen molar-refractivity contribution in [1.29, 1.82) is 0 Å². The number of nitrogens with zero attached hydrogens (tertiary/aromatic N) is 3. The Labute approximate surface area is 105 Å². The summed E-state index contributed by atoms with van der Waals surface area (Å²) in [5, 5.41) is 3.40. The molecule has 0 radical (unpaired) electrons. The Morgan fingerprint density at radius 1 is 1.56 bits per heavy atom. The molecule has 1 amide bonds. The number of primary amides is 1. The number of hydrogen-bond acceptors (Lipinski definition) is 4. The Kier molecular flexibility index (Phi) is 4.62. The number of carbonyl (C=O) groups is 1. The van der Waals surface area contributed by atoms with Crippen molar-refractivity contribution in [2.45, 2.75) is 38.8 Å². The highest BCUT2D eigenvalue weighted by atomic mass is 16.6. The van der Waals surface area contributed by atoms with Gasteiger partial charge in [-0.05, 0) is 37.9 Å². The highest BCUT2D eigenvalue weighted by Gasteiger charge is 2.22. The fourth-order valence-corrected chi connectivity index (χ4v) is 1.49. The summed E-state index contributed by atoms with van der Waals surface area (Å²) >= 11 is 0. The quantitative estimate of drug-likeness (QED) is 0.476. The van der Waals surface area contributed by atoms with Crippen LogP contribution in [0.2, 0.25) is 0 Å². The third-order valence-electron chi connectivity index (χ3n) is 2.36. The van der Waals surface area contributed by atoms with Gasteiger partial charge in [0.1, 0.15) is 17.1 Å². The van der Waals surface area contributed by atoms with Crippen LogP contribution in [-0.2, 0) is 17.7 Å². The van der Waals surface area contributed by atoms with Crippen LogP contribution in [0.3, 0.4) is 0 Å². The van der Waals surface area contributed by atoms with Gasteiger partial charge < -0.3 is 14.9 Å². The Balaban J connectivity index is 2.50. The molecule has 0 saturated heterocycles. The molecule has 1 rings (SSSR count). The van der Waals surface area contributed by atoms with Crippen molar-refractivity contribution in [3.63, 3.8) is 0 Å². The van der Waals surface area contributed by atoms with E-state index >= 15 is 0 Å². The van der Waals surface area contributed by atoms with Crippen LogP contribution in [0.1, 0.15) is 31.8 Å². The minimum atomic E-state index is -0.788. The molecule has 98 valence electrons. The second kappa shape index (κ2) is 5.97. The number of carbonyl (C=O) groups excluding carboxylic acids is 1. The first-order valence-electron chi connectivity index (χ1n) is 5.50. The van der Waals surface area contributed by atoms with Gasteiger partial charge in [0.2, 0.25) is 0 Å². The first-order valence-corrected chi connectivity index (χ1v) is 5.50. The maximum atomic E-state index is 10.7. The molecule has 1 heterocycles. The Morgan fingerprint density at radius 2 is 2.22 bits per heavy atom. The third kappa shape index (κ3) is 4.80. The zero-order valence-electron chi connectivity index (χ0n) is 10.4. The molecule has 0 unspecified atom stereocenters. The molecular weight excluding hydrogens is 236 g/mol. The molecule has 0 aliphatic carbocycles. The molecule has 18 heavy (non-hydrogen) atoms. The second-order valence-corrected chi connectivity index (χ2v) is 4.44. The smallest absolute Gasteiger partial charge is 0.405 e. The molecule has 2 N–H and O–H groups in total. The van der Waals surface area contributed by atoms with Gasteiger partial charge in [0.05, 0.1) is 6.54 Å². The molecule has 0 aliphatic heterocycles. The largest absolute Gasteiger partial charge is 0.466 e. The first-order chi connectivity index (χ1) is 8.43. The maximum Gasteiger partial charge on any atom is 0.405 e.